The summed E-state index contributed by atoms with van der Waals surface area (Å²) in [7, 11) is 0. The molecule has 2 aromatic rings. The van der Waals surface area contributed by atoms with E-state index in [2.05, 4.69) is 5.32 Å². The Morgan fingerprint density at radius 1 is 1.05 bits per heavy atom. The van der Waals surface area contributed by atoms with Crippen molar-refractivity contribution in [3.8, 4) is 0 Å². The average Bonchev–Trinajstić information content (AvgIpc) is 2.53. The van der Waals surface area contributed by atoms with Gasteiger partial charge in [0.15, 0.2) is 5.78 Å². The van der Waals surface area contributed by atoms with E-state index in [1.165, 1.54) is 0 Å². The number of Topliss-reactive ketones (excluding diaryl/α,β-unsaturated/α-hetero) is 1. The van der Waals surface area contributed by atoms with Crippen molar-refractivity contribution in [3.63, 3.8) is 0 Å². The Hall–Kier alpha value is -2.46. The number of hydrogen-bond acceptors (Lipinski definition) is 3. The molecule has 2 rings (SSSR count). The molecule has 22 heavy (non-hydrogen) atoms. The molecule has 114 valence electrons. The maximum Gasteiger partial charge on any atom is 0.224 e. The number of carbonyl (C=O) groups is 2. The third kappa shape index (κ3) is 4.53. The van der Waals surface area contributed by atoms with Crippen LogP contribution in [0.3, 0.4) is 0 Å². The molecule has 0 aromatic heterocycles. The number of aliphatic hydroxyl groups is 1. The smallest absolute Gasteiger partial charge is 0.224 e. The van der Waals surface area contributed by atoms with Gasteiger partial charge in [0.1, 0.15) is 0 Å². The van der Waals surface area contributed by atoms with E-state index in [0.29, 0.717) is 11.3 Å². The number of aliphatic hydroxyl groups excluding tert-OH is 1. The summed E-state index contributed by atoms with van der Waals surface area (Å²) in [6.07, 6.45) is 0.310. The van der Waals surface area contributed by atoms with Gasteiger partial charge in [0.2, 0.25) is 5.91 Å². The summed E-state index contributed by atoms with van der Waals surface area (Å²) < 4.78 is 0. The van der Waals surface area contributed by atoms with Gasteiger partial charge in [0, 0.05) is 24.1 Å². The molecule has 0 spiro atoms. The lowest BCUT2D eigenvalue weighted by atomic mass is 10.0. The predicted octanol–water partition coefficient (Wildman–Crippen LogP) is 3.09. The normalized spacial score (nSPS) is 10.3. The van der Waals surface area contributed by atoms with Crippen molar-refractivity contribution >= 4 is 17.4 Å². The number of hydrogen-bond donors (Lipinski definition) is 2. The van der Waals surface area contributed by atoms with Gasteiger partial charge in [-0.05, 0) is 24.6 Å². The van der Waals surface area contributed by atoms with E-state index < -0.39 is 0 Å². The fourth-order valence-electron chi connectivity index (χ4n) is 2.08. The van der Waals surface area contributed by atoms with Crippen molar-refractivity contribution in [2.24, 2.45) is 0 Å². The molecule has 4 nitrogen and oxygen atoms in total. The summed E-state index contributed by atoms with van der Waals surface area (Å²) in [5.41, 5.74) is 3.08. The van der Waals surface area contributed by atoms with Crippen molar-refractivity contribution in [2.75, 3.05) is 5.32 Å². The Balaban J connectivity index is 1.87. The molecule has 0 aliphatic rings. The van der Waals surface area contributed by atoms with Gasteiger partial charge in [-0.3, -0.25) is 9.59 Å². The molecule has 0 atom stereocenters. The van der Waals surface area contributed by atoms with E-state index in [-0.39, 0.29) is 31.1 Å². The SMILES string of the molecule is Cc1ccc(C(=O)CCC(=O)Nc2cccc(CO)c2)cc1. The van der Waals surface area contributed by atoms with Gasteiger partial charge in [-0.25, -0.2) is 0 Å². The Labute approximate surface area is 129 Å². The maximum absolute atomic E-state index is 12.0. The Morgan fingerprint density at radius 2 is 1.77 bits per heavy atom. The molecule has 0 radical (unpaired) electrons. The van der Waals surface area contributed by atoms with Crippen LogP contribution in [0, 0.1) is 6.92 Å². The molecule has 0 saturated carbocycles. The Kier molecular flexibility index (Phi) is 5.44. The fourth-order valence-corrected chi connectivity index (χ4v) is 2.08. The summed E-state index contributed by atoms with van der Waals surface area (Å²) >= 11 is 0. The predicted molar refractivity (Wildman–Crippen MR) is 85.7 cm³/mol. The summed E-state index contributed by atoms with van der Waals surface area (Å²) in [6, 6.07) is 14.3. The lowest BCUT2D eigenvalue weighted by Gasteiger charge is -2.06. The van der Waals surface area contributed by atoms with E-state index in [1.54, 1.807) is 36.4 Å². The fraction of sp³-hybridized carbons (Fsp3) is 0.222. The monoisotopic (exact) mass is 297 g/mol. The highest BCUT2D eigenvalue weighted by Crippen LogP contribution is 2.12. The van der Waals surface area contributed by atoms with Crippen LogP contribution in [0.2, 0.25) is 0 Å². The van der Waals surface area contributed by atoms with Crippen molar-refractivity contribution in [2.45, 2.75) is 26.4 Å². The number of benzene rings is 2. The van der Waals surface area contributed by atoms with Gasteiger partial charge in [0.05, 0.1) is 6.61 Å². The van der Waals surface area contributed by atoms with Gasteiger partial charge in [-0.2, -0.15) is 0 Å². The van der Waals surface area contributed by atoms with Crippen LogP contribution in [0.4, 0.5) is 5.69 Å². The first-order chi connectivity index (χ1) is 10.6. The Morgan fingerprint density at radius 3 is 2.45 bits per heavy atom. The summed E-state index contributed by atoms with van der Waals surface area (Å²) in [5, 5.41) is 11.8. The van der Waals surface area contributed by atoms with Crippen LogP contribution < -0.4 is 5.32 Å². The first kappa shape index (κ1) is 15.9. The van der Waals surface area contributed by atoms with Crippen molar-refractivity contribution in [3.05, 3.63) is 65.2 Å². The molecule has 2 aromatic carbocycles. The molecule has 0 fully saturated rings. The number of anilines is 1. The van der Waals surface area contributed by atoms with Crippen LogP contribution in [0.1, 0.15) is 34.3 Å². The number of carbonyl (C=O) groups excluding carboxylic acids is 2. The number of rotatable bonds is 6. The zero-order valence-electron chi connectivity index (χ0n) is 12.5. The van der Waals surface area contributed by atoms with E-state index in [1.807, 2.05) is 19.1 Å². The highest BCUT2D eigenvalue weighted by Gasteiger charge is 2.09. The van der Waals surface area contributed by atoms with Crippen LogP contribution in [-0.2, 0) is 11.4 Å². The van der Waals surface area contributed by atoms with Crippen LogP contribution in [0.15, 0.2) is 48.5 Å². The topological polar surface area (TPSA) is 66.4 Å². The lowest BCUT2D eigenvalue weighted by molar-refractivity contribution is -0.116. The highest BCUT2D eigenvalue weighted by atomic mass is 16.3. The minimum absolute atomic E-state index is 0.0424. The van der Waals surface area contributed by atoms with E-state index in [0.717, 1.165) is 11.1 Å². The average molecular weight is 297 g/mol. The Bertz CT molecular complexity index is 662. The molecular weight excluding hydrogens is 278 g/mol. The van der Waals surface area contributed by atoms with Crippen LogP contribution in [0.25, 0.3) is 0 Å². The standard InChI is InChI=1S/C18H19NO3/c1-13-5-7-15(8-6-13)17(21)9-10-18(22)19-16-4-2-3-14(11-16)12-20/h2-8,11,20H,9-10,12H2,1H3,(H,19,22). The van der Waals surface area contributed by atoms with Gasteiger partial charge >= 0.3 is 0 Å². The highest BCUT2D eigenvalue weighted by molar-refractivity contribution is 6.00. The number of amides is 1. The summed E-state index contributed by atoms with van der Waals surface area (Å²) in [6.45, 7) is 1.89. The third-order valence-corrected chi connectivity index (χ3v) is 3.35. The largest absolute Gasteiger partial charge is 0.392 e. The van der Waals surface area contributed by atoms with Gasteiger partial charge in [-0.15, -0.1) is 0 Å². The van der Waals surface area contributed by atoms with Crippen molar-refractivity contribution in [1.82, 2.24) is 0 Å². The van der Waals surface area contributed by atoms with E-state index >= 15 is 0 Å². The first-order valence-electron chi connectivity index (χ1n) is 7.18. The van der Waals surface area contributed by atoms with Crippen molar-refractivity contribution < 1.29 is 14.7 Å². The maximum atomic E-state index is 12.0. The van der Waals surface area contributed by atoms with Crippen LogP contribution in [-0.4, -0.2) is 16.8 Å². The van der Waals surface area contributed by atoms with Crippen LogP contribution >= 0.6 is 0 Å². The number of aryl methyl sites for hydroxylation is 1. The quantitative estimate of drug-likeness (QED) is 0.805. The molecule has 0 bridgehead atoms. The summed E-state index contributed by atoms with van der Waals surface area (Å²) in [5.74, 6) is -0.255. The zero-order chi connectivity index (χ0) is 15.9. The van der Waals surface area contributed by atoms with E-state index in [9.17, 15) is 9.59 Å². The number of nitrogens with one attached hydrogen (secondary N) is 1. The molecule has 0 aliphatic carbocycles. The molecule has 2 N–H and O–H groups in total. The van der Waals surface area contributed by atoms with Gasteiger partial charge in [-0.1, -0.05) is 42.0 Å². The zero-order valence-corrected chi connectivity index (χ0v) is 12.5. The molecule has 4 heteroatoms. The van der Waals surface area contributed by atoms with Gasteiger partial charge < -0.3 is 10.4 Å². The minimum Gasteiger partial charge on any atom is -0.392 e. The lowest BCUT2D eigenvalue weighted by Crippen LogP contribution is -2.13. The van der Waals surface area contributed by atoms with Crippen molar-refractivity contribution in [1.29, 1.82) is 0 Å². The second-order valence-electron chi connectivity index (χ2n) is 5.20. The molecule has 0 unspecified atom stereocenters. The molecule has 0 heterocycles. The number of ketones is 1. The molecule has 0 aliphatic heterocycles. The second-order valence-corrected chi connectivity index (χ2v) is 5.20. The molecule has 1 amide bonds. The molecule has 0 saturated heterocycles. The third-order valence-electron chi connectivity index (χ3n) is 3.35. The minimum atomic E-state index is -0.212. The first-order valence-corrected chi connectivity index (χ1v) is 7.18. The van der Waals surface area contributed by atoms with Crippen LogP contribution in [0.5, 0.6) is 0 Å². The molecular formula is C18H19NO3. The second kappa shape index (κ2) is 7.52. The summed E-state index contributed by atoms with van der Waals surface area (Å²) in [4.78, 5) is 23.9. The van der Waals surface area contributed by atoms with E-state index in [4.69, 9.17) is 5.11 Å². The van der Waals surface area contributed by atoms with Gasteiger partial charge in [0.25, 0.3) is 0 Å².